The number of ether oxygens (including phenoxy) is 1. The van der Waals surface area contributed by atoms with E-state index >= 15 is 0 Å². The quantitative estimate of drug-likeness (QED) is 0.619. The zero-order chi connectivity index (χ0) is 23.3. The summed E-state index contributed by atoms with van der Waals surface area (Å²) in [4.78, 5) is 25.0. The van der Waals surface area contributed by atoms with Gasteiger partial charge in [0.25, 0.3) is 0 Å². The van der Waals surface area contributed by atoms with Crippen molar-refractivity contribution in [2.24, 2.45) is 5.92 Å². The van der Waals surface area contributed by atoms with Crippen LogP contribution >= 0.6 is 11.8 Å². The van der Waals surface area contributed by atoms with Gasteiger partial charge in [-0.2, -0.15) is 5.26 Å². The molecule has 0 aliphatic carbocycles. The van der Waals surface area contributed by atoms with Crippen molar-refractivity contribution in [3.8, 4) is 11.8 Å². The SMILES string of the molecule is COc1ccccc1NC(=O)CSC1NC(=O)C(C#N)C(c2ccc(C(C)(C)C)cc2)N1. The van der Waals surface area contributed by atoms with Crippen LogP contribution < -0.4 is 20.7 Å². The van der Waals surface area contributed by atoms with Crippen molar-refractivity contribution in [1.29, 1.82) is 5.26 Å². The Morgan fingerprint density at radius 1 is 1.19 bits per heavy atom. The number of amides is 2. The average molecular weight is 453 g/mol. The van der Waals surface area contributed by atoms with Crippen LogP contribution in [0.1, 0.15) is 37.9 Å². The lowest BCUT2D eigenvalue weighted by atomic mass is 9.85. The number of carbonyl (C=O) groups excluding carboxylic acids is 2. The van der Waals surface area contributed by atoms with Crippen LogP contribution in [0, 0.1) is 17.2 Å². The summed E-state index contributed by atoms with van der Waals surface area (Å²) in [7, 11) is 1.54. The topological polar surface area (TPSA) is 103 Å². The Bertz CT molecular complexity index is 1010. The zero-order valence-electron chi connectivity index (χ0n) is 18.6. The predicted molar refractivity (Wildman–Crippen MR) is 126 cm³/mol. The molecule has 32 heavy (non-hydrogen) atoms. The van der Waals surface area contributed by atoms with Crippen molar-refractivity contribution in [2.75, 3.05) is 18.2 Å². The molecule has 0 bridgehead atoms. The van der Waals surface area contributed by atoms with Crippen LogP contribution in [0.25, 0.3) is 0 Å². The van der Waals surface area contributed by atoms with Crippen LogP contribution in [-0.2, 0) is 15.0 Å². The number of para-hydroxylation sites is 2. The van der Waals surface area contributed by atoms with Crippen LogP contribution in [-0.4, -0.2) is 30.2 Å². The Morgan fingerprint density at radius 3 is 2.50 bits per heavy atom. The molecule has 3 N–H and O–H groups in total. The van der Waals surface area contributed by atoms with Crippen molar-refractivity contribution in [2.45, 2.75) is 37.7 Å². The number of benzene rings is 2. The average Bonchev–Trinajstić information content (AvgIpc) is 2.77. The lowest BCUT2D eigenvalue weighted by Gasteiger charge is -2.34. The Morgan fingerprint density at radius 2 is 1.88 bits per heavy atom. The van der Waals surface area contributed by atoms with Gasteiger partial charge in [0.15, 0.2) is 0 Å². The third-order valence-electron chi connectivity index (χ3n) is 5.26. The minimum absolute atomic E-state index is 0.0116. The molecule has 0 saturated carbocycles. The summed E-state index contributed by atoms with van der Waals surface area (Å²) >= 11 is 1.25. The molecule has 0 spiro atoms. The van der Waals surface area contributed by atoms with Gasteiger partial charge in [0.05, 0.1) is 30.7 Å². The van der Waals surface area contributed by atoms with Crippen molar-refractivity contribution >= 4 is 29.3 Å². The van der Waals surface area contributed by atoms with Gasteiger partial charge in [-0.25, -0.2) is 0 Å². The molecule has 0 radical (unpaired) electrons. The van der Waals surface area contributed by atoms with Crippen LogP contribution in [0.4, 0.5) is 5.69 Å². The smallest absolute Gasteiger partial charge is 0.241 e. The number of nitrogens with one attached hydrogen (secondary N) is 3. The lowest BCUT2D eigenvalue weighted by molar-refractivity contribution is -0.126. The number of hydrogen-bond acceptors (Lipinski definition) is 6. The standard InChI is InChI=1S/C24H28N4O3S/c1-24(2,3)16-11-9-15(10-12-16)21-17(13-25)22(30)28-23(27-21)32-14-20(29)26-18-7-5-6-8-19(18)31-4/h5-12,17,21,23,27H,14H2,1-4H3,(H,26,29)(H,28,30). The molecule has 1 aliphatic heterocycles. The highest BCUT2D eigenvalue weighted by Gasteiger charge is 2.37. The third kappa shape index (κ3) is 5.61. The fourth-order valence-corrected chi connectivity index (χ4v) is 4.30. The van der Waals surface area contributed by atoms with Crippen LogP contribution in [0.2, 0.25) is 0 Å². The van der Waals surface area contributed by atoms with Gasteiger partial charge in [-0.1, -0.05) is 57.2 Å². The van der Waals surface area contributed by atoms with Gasteiger partial charge >= 0.3 is 0 Å². The largest absolute Gasteiger partial charge is 0.495 e. The third-order valence-corrected chi connectivity index (χ3v) is 6.27. The van der Waals surface area contributed by atoms with Gasteiger partial charge in [0, 0.05) is 0 Å². The van der Waals surface area contributed by atoms with Gasteiger partial charge in [0.1, 0.15) is 17.2 Å². The number of nitrogens with zero attached hydrogens (tertiary/aromatic N) is 1. The highest BCUT2D eigenvalue weighted by atomic mass is 32.2. The molecule has 1 saturated heterocycles. The fourth-order valence-electron chi connectivity index (χ4n) is 3.47. The summed E-state index contributed by atoms with van der Waals surface area (Å²) in [5, 5.41) is 18.5. The molecule has 2 aromatic rings. The normalized spacial score (nSPS) is 20.7. The number of carbonyl (C=O) groups is 2. The van der Waals surface area contributed by atoms with Gasteiger partial charge in [-0.05, 0) is 28.7 Å². The molecular weight excluding hydrogens is 424 g/mol. The summed E-state index contributed by atoms with van der Waals surface area (Å²) in [6.07, 6.45) is 0. The molecule has 3 rings (SSSR count). The molecule has 1 aliphatic rings. The van der Waals surface area contributed by atoms with Gasteiger partial charge in [0.2, 0.25) is 11.8 Å². The molecule has 3 unspecified atom stereocenters. The van der Waals surface area contributed by atoms with E-state index in [0.717, 1.165) is 5.56 Å². The van der Waals surface area contributed by atoms with E-state index in [0.29, 0.717) is 11.4 Å². The van der Waals surface area contributed by atoms with E-state index in [1.165, 1.54) is 17.3 Å². The Labute approximate surface area is 192 Å². The fraction of sp³-hybridized carbons (Fsp3) is 0.375. The summed E-state index contributed by atoms with van der Waals surface area (Å²) in [5.74, 6) is -0.730. The monoisotopic (exact) mass is 452 g/mol. The summed E-state index contributed by atoms with van der Waals surface area (Å²) in [6.45, 7) is 6.40. The second kappa shape index (κ2) is 10.1. The maximum Gasteiger partial charge on any atom is 0.241 e. The first-order valence-corrected chi connectivity index (χ1v) is 11.4. The number of hydrogen-bond donors (Lipinski definition) is 3. The molecule has 2 amide bonds. The van der Waals surface area contributed by atoms with Crippen LogP contribution in [0.15, 0.2) is 48.5 Å². The first-order chi connectivity index (χ1) is 15.2. The van der Waals surface area contributed by atoms with E-state index in [1.54, 1.807) is 19.2 Å². The molecule has 2 aromatic carbocycles. The number of anilines is 1. The minimum atomic E-state index is -0.852. The van der Waals surface area contributed by atoms with E-state index in [4.69, 9.17) is 4.74 Å². The van der Waals surface area contributed by atoms with Crippen molar-refractivity contribution in [3.63, 3.8) is 0 Å². The highest BCUT2D eigenvalue weighted by molar-refractivity contribution is 8.00. The second-order valence-electron chi connectivity index (χ2n) is 8.57. The second-order valence-corrected chi connectivity index (χ2v) is 9.66. The van der Waals surface area contributed by atoms with E-state index in [9.17, 15) is 14.9 Å². The number of rotatable bonds is 6. The van der Waals surface area contributed by atoms with E-state index in [1.807, 2.05) is 36.4 Å². The molecule has 0 aromatic heterocycles. The van der Waals surface area contributed by atoms with E-state index < -0.39 is 17.5 Å². The van der Waals surface area contributed by atoms with Crippen molar-refractivity contribution < 1.29 is 14.3 Å². The Kier molecular flexibility index (Phi) is 7.44. The maximum atomic E-state index is 12.6. The van der Waals surface area contributed by atoms with E-state index in [-0.39, 0.29) is 23.0 Å². The molecule has 8 heteroatoms. The first-order valence-electron chi connectivity index (χ1n) is 10.3. The molecule has 3 atom stereocenters. The summed E-state index contributed by atoms with van der Waals surface area (Å²) in [5.41, 5.74) is 2.14. The van der Waals surface area contributed by atoms with Crippen LogP contribution in [0.3, 0.4) is 0 Å². The number of methoxy groups -OCH3 is 1. The molecule has 168 valence electrons. The Hall–Kier alpha value is -3.02. The lowest BCUT2D eigenvalue weighted by Crippen LogP contribution is -2.56. The van der Waals surface area contributed by atoms with Gasteiger partial charge in [-0.15, -0.1) is 11.8 Å². The zero-order valence-corrected chi connectivity index (χ0v) is 19.5. The summed E-state index contributed by atoms with van der Waals surface area (Å²) in [6, 6.07) is 16.8. The Balaban J connectivity index is 1.66. The number of nitriles is 1. The molecule has 7 nitrogen and oxygen atoms in total. The van der Waals surface area contributed by atoms with Gasteiger partial charge < -0.3 is 15.4 Å². The van der Waals surface area contributed by atoms with Crippen LogP contribution in [0.5, 0.6) is 5.75 Å². The maximum absolute atomic E-state index is 12.6. The minimum Gasteiger partial charge on any atom is -0.495 e. The van der Waals surface area contributed by atoms with E-state index in [2.05, 4.69) is 42.8 Å². The van der Waals surface area contributed by atoms with Crippen molar-refractivity contribution in [1.82, 2.24) is 10.6 Å². The summed E-state index contributed by atoms with van der Waals surface area (Å²) < 4.78 is 5.25. The molecule has 1 heterocycles. The van der Waals surface area contributed by atoms with Crippen molar-refractivity contribution in [3.05, 3.63) is 59.7 Å². The predicted octanol–water partition coefficient (Wildman–Crippen LogP) is 3.55. The van der Waals surface area contributed by atoms with Gasteiger partial charge in [-0.3, -0.25) is 14.9 Å². The highest BCUT2D eigenvalue weighted by Crippen LogP contribution is 2.30. The molecule has 1 fully saturated rings. The number of thioether (sulfide) groups is 1. The first kappa shape index (κ1) is 23.6. The molecular formula is C24H28N4O3S.